The fourth-order valence-electron chi connectivity index (χ4n) is 1.24. The molecule has 0 atom stereocenters. The minimum atomic E-state index is -4.58. The van der Waals surface area contributed by atoms with Crippen molar-refractivity contribution in [2.45, 2.75) is 19.7 Å². The van der Waals surface area contributed by atoms with E-state index in [1.165, 1.54) is 7.05 Å². The topological polar surface area (TPSA) is 47.3 Å². The molecule has 1 N–H and O–H groups in total. The van der Waals surface area contributed by atoms with Gasteiger partial charge in [0.25, 0.3) is 0 Å². The lowest BCUT2D eigenvalue weighted by atomic mass is 10.2. The highest BCUT2D eigenvalue weighted by atomic mass is 19.4. The number of ether oxygens (including phenoxy) is 1. The lowest BCUT2D eigenvalue weighted by Gasteiger charge is -2.06. The fraction of sp³-hybridized carbons (Fsp3) is 0.625. The number of aliphatic hydroxyl groups is 1. The summed E-state index contributed by atoms with van der Waals surface area (Å²) >= 11 is 0. The van der Waals surface area contributed by atoms with Crippen LogP contribution in [-0.4, -0.2) is 21.5 Å². The van der Waals surface area contributed by atoms with Gasteiger partial charge in [-0.2, -0.15) is 18.3 Å². The molecule has 1 aromatic heterocycles. The molecule has 1 heterocycles. The van der Waals surface area contributed by atoms with E-state index in [4.69, 9.17) is 9.84 Å². The number of aryl methyl sites for hydroxylation is 1. The predicted molar refractivity (Wildman–Crippen MR) is 45.3 cm³/mol. The van der Waals surface area contributed by atoms with Gasteiger partial charge in [-0.1, -0.05) is 0 Å². The van der Waals surface area contributed by atoms with Gasteiger partial charge in [0.1, 0.15) is 0 Å². The van der Waals surface area contributed by atoms with E-state index in [-0.39, 0.29) is 18.1 Å². The van der Waals surface area contributed by atoms with E-state index >= 15 is 0 Å². The van der Waals surface area contributed by atoms with Crippen LogP contribution in [0.5, 0.6) is 5.88 Å². The highest BCUT2D eigenvalue weighted by Gasteiger charge is 2.39. The van der Waals surface area contributed by atoms with Crippen LogP contribution in [0.1, 0.15) is 18.2 Å². The normalized spacial score (nSPS) is 11.9. The molecule has 1 rings (SSSR count). The standard InChI is InChI=1S/C8H11F3N2O2/c1-3-15-7-5(4-14)6(8(9,10)11)12-13(7)2/h14H,3-4H2,1-2H3. The van der Waals surface area contributed by atoms with Gasteiger partial charge in [-0.05, 0) is 6.92 Å². The minimum Gasteiger partial charge on any atom is -0.478 e. The number of hydrogen-bond donors (Lipinski definition) is 1. The van der Waals surface area contributed by atoms with Crippen LogP contribution in [0.25, 0.3) is 0 Å². The molecule has 0 aliphatic rings. The number of rotatable bonds is 3. The summed E-state index contributed by atoms with van der Waals surface area (Å²) in [6.07, 6.45) is -4.58. The Kier molecular flexibility index (Phi) is 3.23. The van der Waals surface area contributed by atoms with Gasteiger partial charge in [0.2, 0.25) is 5.88 Å². The molecule has 0 spiro atoms. The molecule has 0 aliphatic heterocycles. The predicted octanol–water partition coefficient (Wildman–Crippen LogP) is 1.33. The minimum absolute atomic E-state index is 0.0488. The van der Waals surface area contributed by atoms with Gasteiger partial charge in [-0.15, -0.1) is 0 Å². The lowest BCUT2D eigenvalue weighted by Crippen LogP contribution is -2.09. The second-order valence-corrected chi connectivity index (χ2v) is 2.84. The van der Waals surface area contributed by atoms with E-state index in [0.29, 0.717) is 0 Å². The van der Waals surface area contributed by atoms with E-state index < -0.39 is 18.5 Å². The second kappa shape index (κ2) is 4.09. The molecule has 0 aliphatic carbocycles. The van der Waals surface area contributed by atoms with Gasteiger partial charge >= 0.3 is 6.18 Å². The molecule has 0 unspecified atom stereocenters. The summed E-state index contributed by atoms with van der Waals surface area (Å²) in [5, 5.41) is 12.1. The number of hydrogen-bond acceptors (Lipinski definition) is 3. The molecule has 15 heavy (non-hydrogen) atoms. The molecule has 0 bridgehead atoms. The van der Waals surface area contributed by atoms with Gasteiger partial charge in [0, 0.05) is 7.05 Å². The van der Waals surface area contributed by atoms with Crippen LogP contribution in [0.15, 0.2) is 0 Å². The van der Waals surface area contributed by atoms with Gasteiger partial charge in [-0.25, -0.2) is 4.68 Å². The third-order valence-corrected chi connectivity index (χ3v) is 1.80. The molecule has 0 amide bonds. The number of nitrogens with zero attached hydrogens (tertiary/aromatic N) is 2. The van der Waals surface area contributed by atoms with Crippen LogP contribution in [0.3, 0.4) is 0 Å². The summed E-state index contributed by atoms with van der Waals surface area (Å²) in [7, 11) is 1.33. The Morgan fingerprint density at radius 1 is 1.47 bits per heavy atom. The van der Waals surface area contributed by atoms with Crippen molar-refractivity contribution in [3.63, 3.8) is 0 Å². The van der Waals surface area contributed by atoms with Crippen molar-refractivity contribution < 1.29 is 23.0 Å². The first-order chi connectivity index (χ1) is 6.91. The zero-order valence-corrected chi connectivity index (χ0v) is 8.30. The average Bonchev–Trinajstić information content (AvgIpc) is 2.44. The Balaban J connectivity index is 3.24. The number of halogens is 3. The van der Waals surface area contributed by atoms with Crippen LogP contribution in [-0.2, 0) is 19.8 Å². The van der Waals surface area contributed by atoms with Crippen molar-refractivity contribution in [3.8, 4) is 5.88 Å². The molecular formula is C8H11F3N2O2. The van der Waals surface area contributed by atoms with Crippen molar-refractivity contribution >= 4 is 0 Å². The van der Waals surface area contributed by atoms with Gasteiger partial charge in [0.15, 0.2) is 5.69 Å². The van der Waals surface area contributed by atoms with E-state index in [2.05, 4.69) is 5.10 Å². The number of aliphatic hydroxyl groups excluding tert-OH is 1. The molecule has 86 valence electrons. The zero-order valence-electron chi connectivity index (χ0n) is 8.30. The van der Waals surface area contributed by atoms with Crippen LogP contribution < -0.4 is 4.74 Å². The molecule has 1 aromatic rings. The molecular weight excluding hydrogens is 213 g/mol. The largest absolute Gasteiger partial charge is 0.478 e. The second-order valence-electron chi connectivity index (χ2n) is 2.84. The highest BCUT2D eigenvalue weighted by Crippen LogP contribution is 2.35. The van der Waals surface area contributed by atoms with Crippen molar-refractivity contribution in [1.29, 1.82) is 0 Å². The van der Waals surface area contributed by atoms with Crippen molar-refractivity contribution in [2.24, 2.45) is 7.05 Å². The Bertz CT molecular complexity index is 346. The van der Waals surface area contributed by atoms with Gasteiger partial charge in [-0.3, -0.25) is 0 Å². The zero-order chi connectivity index (χ0) is 11.6. The molecule has 0 radical (unpaired) electrons. The maximum Gasteiger partial charge on any atom is 0.435 e. The molecule has 0 aromatic carbocycles. The monoisotopic (exact) mass is 224 g/mol. The van der Waals surface area contributed by atoms with Gasteiger partial charge in [0.05, 0.1) is 18.8 Å². The van der Waals surface area contributed by atoms with Gasteiger partial charge < -0.3 is 9.84 Å². The Labute approximate surface area is 84.3 Å². The van der Waals surface area contributed by atoms with E-state index in [0.717, 1.165) is 4.68 Å². The smallest absolute Gasteiger partial charge is 0.435 e. The SMILES string of the molecule is CCOc1c(CO)c(C(F)(F)F)nn1C. The van der Waals surface area contributed by atoms with Crippen molar-refractivity contribution in [3.05, 3.63) is 11.3 Å². The van der Waals surface area contributed by atoms with E-state index in [1.54, 1.807) is 6.92 Å². The van der Waals surface area contributed by atoms with Crippen molar-refractivity contribution in [1.82, 2.24) is 9.78 Å². The van der Waals surface area contributed by atoms with E-state index in [9.17, 15) is 13.2 Å². The summed E-state index contributed by atoms with van der Waals surface area (Å²) in [5.74, 6) is -0.0488. The Morgan fingerprint density at radius 2 is 2.07 bits per heavy atom. The number of aromatic nitrogens is 2. The average molecular weight is 224 g/mol. The highest BCUT2D eigenvalue weighted by molar-refractivity contribution is 5.32. The van der Waals surface area contributed by atoms with E-state index in [1.807, 2.05) is 0 Å². The molecule has 7 heteroatoms. The first kappa shape index (κ1) is 11.8. The summed E-state index contributed by atoms with van der Waals surface area (Å²) < 4.78 is 43.2. The quantitative estimate of drug-likeness (QED) is 0.842. The fourth-order valence-corrected chi connectivity index (χ4v) is 1.24. The maximum atomic E-state index is 12.4. The van der Waals surface area contributed by atoms with Crippen LogP contribution >= 0.6 is 0 Å². The van der Waals surface area contributed by atoms with Crippen LogP contribution in [0.2, 0.25) is 0 Å². The summed E-state index contributed by atoms with van der Waals surface area (Å²) in [4.78, 5) is 0. The van der Waals surface area contributed by atoms with Crippen LogP contribution in [0.4, 0.5) is 13.2 Å². The molecule has 4 nitrogen and oxygen atoms in total. The van der Waals surface area contributed by atoms with Crippen molar-refractivity contribution in [2.75, 3.05) is 6.61 Å². The lowest BCUT2D eigenvalue weighted by molar-refractivity contribution is -0.142. The number of alkyl halides is 3. The Hall–Kier alpha value is -1.24. The first-order valence-corrected chi connectivity index (χ1v) is 4.28. The third-order valence-electron chi connectivity index (χ3n) is 1.80. The Morgan fingerprint density at radius 3 is 2.47 bits per heavy atom. The first-order valence-electron chi connectivity index (χ1n) is 4.28. The summed E-state index contributed by atoms with van der Waals surface area (Å²) in [5.41, 5.74) is -1.43. The summed E-state index contributed by atoms with van der Waals surface area (Å²) in [6.45, 7) is 1.10. The molecule has 0 fully saturated rings. The maximum absolute atomic E-state index is 12.4. The summed E-state index contributed by atoms with van der Waals surface area (Å²) in [6, 6.07) is 0. The third kappa shape index (κ3) is 2.23. The van der Waals surface area contributed by atoms with Crippen LogP contribution in [0, 0.1) is 0 Å². The molecule has 0 saturated heterocycles. The molecule has 0 saturated carbocycles.